The summed E-state index contributed by atoms with van der Waals surface area (Å²) < 4.78 is 1.97. The van der Waals surface area contributed by atoms with E-state index in [1.54, 1.807) is 0 Å². The number of hydrogen-bond donors (Lipinski definition) is 1. The molecule has 1 aromatic carbocycles. The van der Waals surface area contributed by atoms with Gasteiger partial charge in [-0.05, 0) is 37.9 Å². The van der Waals surface area contributed by atoms with Crippen LogP contribution in [0.25, 0.3) is 0 Å². The van der Waals surface area contributed by atoms with Crippen LogP contribution in [0.1, 0.15) is 31.7 Å². The van der Waals surface area contributed by atoms with Gasteiger partial charge in [-0.1, -0.05) is 36.8 Å². The summed E-state index contributed by atoms with van der Waals surface area (Å²) in [4.78, 5) is 14.9. The predicted molar refractivity (Wildman–Crippen MR) is 94.3 cm³/mol. The van der Waals surface area contributed by atoms with Crippen molar-refractivity contribution in [1.82, 2.24) is 20.0 Å². The summed E-state index contributed by atoms with van der Waals surface area (Å²) in [5.41, 5.74) is 1.13. The van der Waals surface area contributed by atoms with E-state index in [9.17, 15) is 4.79 Å². The number of rotatable bonds is 6. The van der Waals surface area contributed by atoms with Crippen LogP contribution in [0.5, 0.6) is 0 Å². The summed E-state index contributed by atoms with van der Waals surface area (Å²) in [5, 5.41) is 7.39. The summed E-state index contributed by atoms with van der Waals surface area (Å²) in [6, 6.07) is 12.3. The molecule has 1 amide bonds. The molecule has 1 aliphatic rings. The maximum Gasteiger partial charge on any atom is 0.237 e. The summed E-state index contributed by atoms with van der Waals surface area (Å²) in [5.74, 6) is 0.103. The molecule has 1 saturated heterocycles. The molecule has 2 aromatic rings. The number of nitrogens with zero attached hydrogens (tertiary/aromatic N) is 3. The third-order valence-electron chi connectivity index (χ3n) is 4.82. The van der Waals surface area contributed by atoms with Crippen LogP contribution in [-0.2, 0) is 17.9 Å². The van der Waals surface area contributed by atoms with Crippen molar-refractivity contribution in [3.05, 3.63) is 54.4 Å². The number of hydrogen-bond acceptors (Lipinski definition) is 3. The van der Waals surface area contributed by atoms with Crippen molar-refractivity contribution in [2.24, 2.45) is 0 Å². The normalized spacial score (nSPS) is 19.8. The number of carbonyl (C=O) groups is 1. The largest absolute Gasteiger partial charge is 0.351 e. The number of carbonyl (C=O) groups excluding carboxylic acids is 1. The molecule has 24 heavy (non-hydrogen) atoms. The molecule has 0 bridgehead atoms. The minimum Gasteiger partial charge on any atom is -0.351 e. The van der Waals surface area contributed by atoms with Gasteiger partial charge in [0.1, 0.15) is 0 Å². The van der Waals surface area contributed by atoms with E-state index in [2.05, 4.69) is 15.3 Å². The van der Waals surface area contributed by atoms with E-state index in [1.807, 2.05) is 60.4 Å². The number of amides is 1. The Kier molecular flexibility index (Phi) is 5.64. The Hall–Kier alpha value is -2.14. The van der Waals surface area contributed by atoms with Crippen LogP contribution in [0, 0.1) is 0 Å². The third-order valence-corrected chi connectivity index (χ3v) is 4.82. The van der Waals surface area contributed by atoms with Crippen LogP contribution in [0.15, 0.2) is 48.8 Å². The number of likely N-dealkylation sites (tertiary alicyclic amines) is 1. The fourth-order valence-corrected chi connectivity index (χ4v) is 3.44. The van der Waals surface area contributed by atoms with E-state index in [-0.39, 0.29) is 11.9 Å². The van der Waals surface area contributed by atoms with Crippen molar-refractivity contribution in [3.8, 4) is 0 Å². The second-order valence-electron chi connectivity index (χ2n) is 6.49. The molecule has 2 atom stereocenters. The van der Waals surface area contributed by atoms with Crippen molar-refractivity contribution in [1.29, 1.82) is 0 Å². The molecule has 1 aromatic heterocycles. The Morgan fingerprint density at radius 1 is 1.29 bits per heavy atom. The molecule has 1 aliphatic heterocycles. The molecule has 1 fully saturated rings. The van der Waals surface area contributed by atoms with Gasteiger partial charge in [-0.15, -0.1) is 0 Å². The molecule has 2 heterocycles. The molecule has 128 valence electrons. The first-order valence-corrected chi connectivity index (χ1v) is 8.79. The van der Waals surface area contributed by atoms with E-state index < -0.39 is 0 Å². The first-order valence-electron chi connectivity index (χ1n) is 8.79. The number of aromatic nitrogens is 2. The highest BCUT2D eigenvalue weighted by Crippen LogP contribution is 2.21. The Bertz CT molecular complexity index is 626. The molecule has 5 heteroatoms. The minimum absolute atomic E-state index is 0.103. The second kappa shape index (κ2) is 8.11. The standard InChI is InChI=1S/C19H26N4O/c1-16(19(24)20-14-17-8-3-2-4-9-17)23-13-6-5-10-18(23)15-22-12-7-11-21-22/h2-4,7-9,11-12,16,18H,5-6,10,13-15H2,1H3,(H,20,24)/t16-,18+/m1/s1. The van der Waals surface area contributed by atoms with Gasteiger partial charge in [-0.2, -0.15) is 5.10 Å². The average molecular weight is 326 g/mol. The van der Waals surface area contributed by atoms with Crippen LogP contribution in [0.2, 0.25) is 0 Å². The average Bonchev–Trinajstić information content (AvgIpc) is 3.13. The number of piperidine rings is 1. The molecular formula is C19H26N4O. The lowest BCUT2D eigenvalue weighted by molar-refractivity contribution is -0.127. The van der Waals surface area contributed by atoms with E-state index >= 15 is 0 Å². The van der Waals surface area contributed by atoms with E-state index in [0.717, 1.165) is 31.5 Å². The number of nitrogens with one attached hydrogen (secondary N) is 1. The van der Waals surface area contributed by atoms with Gasteiger partial charge in [0.2, 0.25) is 5.91 Å². The number of benzene rings is 1. The van der Waals surface area contributed by atoms with Crippen molar-refractivity contribution in [3.63, 3.8) is 0 Å². The monoisotopic (exact) mass is 326 g/mol. The highest BCUT2D eigenvalue weighted by Gasteiger charge is 2.30. The highest BCUT2D eigenvalue weighted by molar-refractivity contribution is 5.81. The Morgan fingerprint density at radius 3 is 2.88 bits per heavy atom. The SMILES string of the molecule is C[C@H](C(=O)NCc1ccccc1)N1CCCC[C@H]1Cn1cccn1. The van der Waals surface area contributed by atoms with E-state index in [4.69, 9.17) is 0 Å². The lowest BCUT2D eigenvalue weighted by Gasteiger charge is -2.39. The molecule has 5 nitrogen and oxygen atoms in total. The van der Waals surface area contributed by atoms with Crippen molar-refractivity contribution in [2.75, 3.05) is 6.54 Å². The second-order valence-corrected chi connectivity index (χ2v) is 6.49. The van der Waals surface area contributed by atoms with Gasteiger partial charge in [-0.3, -0.25) is 14.4 Å². The smallest absolute Gasteiger partial charge is 0.237 e. The zero-order valence-electron chi connectivity index (χ0n) is 14.3. The van der Waals surface area contributed by atoms with Gasteiger partial charge in [0, 0.05) is 25.0 Å². The van der Waals surface area contributed by atoms with Crippen LogP contribution in [0.3, 0.4) is 0 Å². The summed E-state index contributed by atoms with van der Waals surface area (Å²) in [6.45, 7) is 4.43. The minimum atomic E-state index is -0.116. The summed E-state index contributed by atoms with van der Waals surface area (Å²) >= 11 is 0. The van der Waals surface area contributed by atoms with Crippen LogP contribution in [-0.4, -0.2) is 39.2 Å². The van der Waals surface area contributed by atoms with E-state index in [0.29, 0.717) is 12.6 Å². The Labute approximate surface area is 143 Å². The first kappa shape index (κ1) is 16.7. The quantitative estimate of drug-likeness (QED) is 0.887. The van der Waals surface area contributed by atoms with Crippen molar-refractivity contribution in [2.45, 2.75) is 51.4 Å². The van der Waals surface area contributed by atoms with Gasteiger partial charge in [-0.25, -0.2) is 0 Å². The van der Waals surface area contributed by atoms with Crippen LogP contribution in [0.4, 0.5) is 0 Å². The molecule has 0 saturated carbocycles. The Balaban J connectivity index is 1.58. The zero-order chi connectivity index (χ0) is 16.8. The first-order chi connectivity index (χ1) is 11.7. The summed E-state index contributed by atoms with van der Waals surface area (Å²) in [6.07, 6.45) is 7.30. The van der Waals surface area contributed by atoms with Crippen LogP contribution < -0.4 is 5.32 Å². The zero-order valence-corrected chi connectivity index (χ0v) is 14.3. The summed E-state index contributed by atoms with van der Waals surface area (Å²) in [7, 11) is 0. The van der Waals surface area contributed by atoms with Gasteiger partial charge >= 0.3 is 0 Å². The van der Waals surface area contributed by atoms with E-state index in [1.165, 1.54) is 6.42 Å². The maximum atomic E-state index is 12.6. The van der Waals surface area contributed by atoms with Crippen molar-refractivity contribution < 1.29 is 4.79 Å². The molecule has 0 unspecified atom stereocenters. The van der Waals surface area contributed by atoms with Crippen molar-refractivity contribution >= 4 is 5.91 Å². The molecule has 1 N–H and O–H groups in total. The van der Waals surface area contributed by atoms with Gasteiger partial charge in [0.15, 0.2) is 0 Å². The van der Waals surface area contributed by atoms with Gasteiger partial charge < -0.3 is 5.32 Å². The third kappa shape index (κ3) is 4.23. The highest BCUT2D eigenvalue weighted by atomic mass is 16.2. The molecule has 0 aliphatic carbocycles. The topological polar surface area (TPSA) is 50.2 Å². The van der Waals surface area contributed by atoms with Gasteiger partial charge in [0.25, 0.3) is 0 Å². The van der Waals surface area contributed by atoms with Gasteiger partial charge in [0.05, 0.1) is 12.6 Å². The lowest BCUT2D eigenvalue weighted by Crippen LogP contribution is -2.52. The van der Waals surface area contributed by atoms with Crippen LogP contribution >= 0.6 is 0 Å². The predicted octanol–water partition coefficient (Wildman–Crippen LogP) is 2.44. The Morgan fingerprint density at radius 2 is 2.12 bits per heavy atom. The lowest BCUT2D eigenvalue weighted by atomic mass is 9.99. The fraction of sp³-hybridized carbons (Fsp3) is 0.474. The maximum absolute atomic E-state index is 12.6. The molecular weight excluding hydrogens is 300 g/mol. The molecule has 0 radical (unpaired) electrons. The molecule has 0 spiro atoms. The molecule has 3 rings (SSSR count). The fourth-order valence-electron chi connectivity index (χ4n) is 3.44.